The maximum absolute atomic E-state index is 12.6. The highest BCUT2D eigenvalue weighted by molar-refractivity contribution is 5.91. The third kappa shape index (κ3) is 12.7. The van der Waals surface area contributed by atoms with Gasteiger partial charge in [0.05, 0.1) is 50.1 Å². The minimum absolute atomic E-state index is 0.0975. The molecule has 3 aromatic carbocycles. The zero-order chi connectivity index (χ0) is 32.3. The Hall–Kier alpha value is -4.21. The summed E-state index contributed by atoms with van der Waals surface area (Å²) in [6.07, 6.45) is 3.73. The molecule has 9 heteroatoms. The minimum atomic E-state index is -0.478. The predicted octanol–water partition coefficient (Wildman–Crippen LogP) is 6.92. The van der Waals surface area contributed by atoms with Crippen LogP contribution >= 0.6 is 0 Å². The first-order valence-electron chi connectivity index (χ1n) is 15.6. The Morgan fingerprint density at radius 2 is 1.11 bits per heavy atom. The Labute approximate surface area is 265 Å². The topological polar surface area (TPSA) is 107 Å². The average molecular weight is 621 g/mol. The molecule has 0 aromatic heterocycles. The molecule has 1 atom stereocenters. The van der Waals surface area contributed by atoms with Crippen molar-refractivity contribution in [2.24, 2.45) is 5.92 Å². The molecule has 0 saturated carbocycles. The van der Waals surface area contributed by atoms with Crippen LogP contribution in [0, 0.1) is 5.92 Å². The van der Waals surface area contributed by atoms with Crippen molar-refractivity contribution in [3.8, 4) is 22.6 Å². The van der Waals surface area contributed by atoms with Gasteiger partial charge in [-0.2, -0.15) is 0 Å². The van der Waals surface area contributed by atoms with Gasteiger partial charge in [0.1, 0.15) is 24.7 Å². The lowest BCUT2D eigenvalue weighted by atomic mass is 10.0. The molecule has 45 heavy (non-hydrogen) atoms. The number of carbonyl (C=O) groups excluding carboxylic acids is 3. The van der Waals surface area contributed by atoms with E-state index in [1.54, 1.807) is 48.5 Å². The number of hydrogen-bond donors (Lipinski definition) is 0. The van der Waals surface area contributed by atoms with Crippen molar-refractivity contribution in [1.29, 1.82) is 0 Å². The first-order chi connectivity index (χ1) is 21.9. The molecule has 3 aromatic rings. The van der Waals surface area contributed by atoms with Crippen molar-refractivity contribution in [3.63, 3.8) is 0 Å². The third-order valence-electron chi connectivity index (χ3n) is 6.95. The van der Waals surface area contributed by atoms with Gasteiger partial charge in [0.2, 0.25) is 0 Å². The van der Waals surface area contributed by atoms with Gasteiger partial charge in [-0.25, -0.2) is 9.59 Å². The lowest BCUT2D eigenvalue weighted by Gasteiger charge is -2.10. The maximum atomic E-state index is 12.6. The van der Waals surface area contributed by atoms with E-state index < -0.39 is 5.97 Å². The lowest BCUT2D eigenvalue weighted by molar-refractivity contribution is -0.149. The quantitative estimate of drug-likeness (QED) is 0.0756. The van der Waals surface area contributed by atoms with Crippen LogP contribution in [0.2, 0.25) is 0 Å². The number of rotatable bonds is 20. The third-order valence-corrected chi connectivity index (χ3v) is 6.95. The molecule has 9 nitrogen and oxygen atoms in total. The molecule has 0 amide bonds. The average Bonchev–Trinajstić information content (AvgIpc) is 3.07. The van der Waals surface area contributed by atoms with Crippen molar-refractivity contribution >= 4 is 17.9 Å². The first-order valence-corrected chi connectivity index (χ1v) is 15.6. The van der Waals surface area contributed by atoms with E-state index in [0.717, 1.165) is 36.8 Å². The maximum Gasteiger partial charge on any atom is 0.343 e. The summed E-state index contributed by atoms with van der Waals surface area (Å²) < 4.78 is 32.5. The van der Waals surface area contributed by atoms with Crippen molar-refractivity contribution < 1.29 is 42.8 Å². The number of benzene rings is 3. The zero-order valence-corrected chi connectivity index (χ0v) is 26.5. The molecule has 1 unspecified atom stereocenters. The van der Waals surface area contributed by atoms with Gasteiger partial charge < -0.3 is 28.4 Å². The van der Waals surface area contributed by atoms with Crippen molar-refractivity contribution in [2.45, 2.75) is 46.5 Å². The van der Waals surface area contributed by atoms with Gasteiger partial charge in [-0.15, -0.1) is 0 Å². The minimum Gasteiger partial charge on any atom is -0.491 e. The van der Waals surface area contributed by atoms with Crippen LogP contribution in [-0.2, 0) is 23.7 Å². The molecule has 0 radical (unpaired) electrons. The van der Waals surface area contributed by atoms with E-state index in [1.165, 1.54) is 0 Å². The highest BCUT2D eigenvalue weighted by atomic mass is 16.6. The molecule has 3 rings (SSSR count). The Morgan fingerprint density at radius 1 is 0.578 bits per heavy atom. The van der Waals surface area contributed by atoms with Gasteiger partial charge in [0, 0.05) is 0 Å². The normalized spacial score (nSPS) is 11.4. The van der Waals surface area contributed by atoms with Crippen LogP contribution in [0.15, 0.2) is 72.8 Å². The molecular weight excluding hydrogens is 576 g/mol. The summed E-state index contributed by atoms with van der Waals surface area (Å²) in [5.41, 5.74) is 2.77. The van der Waals surface area contributed by atoms with Gasteiger partial charge in [-0.3, -0.25) is 4.79 Å². The van der Waals surface area contributed by atoms with Crippen LogP contribution in [0.5, 0.6) is 11.5 Å². The Morgan fingerprint density at radius 3 is 1.73 bits per heavy atom. The highest BCUT2D eigenvalue weighted by Crippen LogP contribution is 2.24. The molecule has 0 N–H and O–H groups in total. The summed E-state index contributed by atoms with van der Waals surface area (Å²) in [5.74, 6) is -0.0711. The van der Waals surface area contributed by atoms with E-state index in [2.05, 4.69) is 6.92 Å². The van der Waals surface area contributed by atoms with Crippen molar-refractivity contribution in [3.05, 3.63) is 83.9 Å². The molecule has 0 saturated heterocycles. The van der Waals surface area contributed by atoms with E-state index in [-0.39, 0.29) is 24.5 Å². The largest absolute Gasteiger partial charge is 0.491 e. The van der Waals surface area contributed by atoms with Crippen LogP contribution in [0.1, 0.15) is 67.2 Å². The Bertz CT molecular complexity index is 1300. The number of hydrogen-bond acceptors (Lipinski definition) is 9. The summed E-state index contributed by atoms with van der Waals surface area (Å²) >= 11 is 0. The van der Waals surface area contributed by atoms with Crippen molar-refractivity contribution in [1.82, 2.24) is 0 Å². The van der Waals surface area contributed by atoms with Crippen molar-refractivity contribution in [2.75, 3.05) is 46.2 Å². The summed E-state index contributed by atoms with van der Waals surface area (Å²) in [4.78, 5) is 36.4. The second-order valence-electron chi connectivity index (χ2n) is 10.4. The van der Waals surface area contributed by atoms with Gasteiger partial charge >= 0.3 is 17.9 Å². The van der Waals surface area contributed by atoms with E-state index in [1.807, 2.05) is 38.1 Å². The van der Waals surface area contributed by atoms with E-state index in [0.29, 0.717) is 62.3 Å². The van der Waals surface area contributed by atoms with E-state index in [4.69, 9.17) is 28.4 Å². The summed E-state index contributed by atoms with van der Waals surface area (Å²) in [5, 5.41) is 0. The SMILES string of the molecule is CCCCCOC(=O)c1ccc(-c2ccc(OC(=O)c3ccc(OCCOCCOCCOC(=O)C(C)CC)cc3)cc2)cc1. The number of ether oxygens (including phenoxy) is 6. The molecular formula is C36H44O9. The zero-order valence-electron chi connectivity index (χ0n) is 26.5. The monoisotopic (exact) mass is 620 g/mol. The second kappa shape index (κ2) is 19.9. The molecule has 0 bridgehead atoms. The summed E-state index contributed by atoms with van der Waals surface area (Å²) in [7, 11) is 0. The molecule has 0 spiro atoms. The predicted molar refractivity (Wildman–Crippen MR) is 171 cm³/mol. The number of unbranched alkanes of at least 4 members (excludes halogenated alkanes) is 2. The van der Waals surface area contributed by atoms with Gasteiger partial charge in [-0.05, 0) is 72.5 Å². The Balaban J connectivity index is 1.32. The number of carbonyl (C=O) groups is 3. The van der Waals surface area contributed by atoms with Gasteiger partial charge in [0.15, 0.2) is 0 Å². The number of esters is 3. The summed E-state index contributed by atoms with van der Waals surface area (Å²) in [6, 6.07) is 21.1. The lowest BCUT2D eigenvalue weighted by Crippen LogP contribution is -2.18. The molecule has 0 fully saturated rings. The van der Waals surface area contributed by atoms with Crippen LogP contribution in [0.4, 0.5) is 0 Å². The molecule has 0 aliphatic heterocycles. The standard InChI is InChI=1S/C36H44O9/c1-4-6-7-20-43-35(38)30-10-8-28(9-11-30)29-12-18-33(19-13-29)45-36(39)31-14-16-32(17-15-31)42-25-23-40-21-22-41-24-26-44-34(37)27(3)5-2/h8-19,27H,4-7,20-26H2,1-3H3. The first kappa shape index (κ1) is 35.3. The fourth-order valence-electron chi connectivity index (χ4n) is 4.02. The molecule has 0 aliphatic rings. The highest BCUT2D eigenvalue weighted by Gasteiger charge is 2.12. The smallest absolute Gasteiger partial charge is 0.343 e. The van der Waals surface area contributed by atoms with Gasteiger partial charge in [0.25, 0.3) is 0 Å². The second-order valence-corrected chi connectivity index (χ2v) is 10.4. The van der Waals surface area contributed by atoms with Crippen LogP contribution in [0.25, 0.3) is 11.1 Å². The molecule has 0 aliphatic carbocycles. The van der Waals surface area contributed by atoms with E-state index >= 15 is 0 Å². The fraction of sp³-hybridized carbons (Fsp3) is 0.417. The van der Waals surface area contributed by atoms with Crippen LogP contribution in [0.3, 0.4) is 0 Å². The van der Waals surface area contributed by atoms with E-state index in [9.17, 15) is 14.4 Å². The molecule has 0 heterocycles. The van der Waals surface area contributed by atoms with Crippen LogP contribution in [-0.4, -0.2) is 64.2 Å². The van der Waals surface area contributed by atoms with Crippen LogP contribution < -0.4 is 9.47 Å². The Kier molecular flexibility index (Phi) is 15.6. The fourth-order valence-corrected chi connectivity index (χ4v) is 4.02. The molecule has 242 valence electrons. The van der Waals surface area contributed by atoms with Gasteiger partial charge in [-0.1, -0.05) is 57.9 Å². The summed E-state index contributed by atoms with van der Waals surface area (Å²) in [6.45, 7) is 8.39.